The third kappa shape index (κ3) is 2.72. The van der Waals surface area contributed by atoms with Gasteiger partial charge < -0.3 is 10.2 Å². The van der Waals surface area contributed by atoms with Gasteiger partial charge >= 0.3 is 0 Å². The molecule has 2 rings (SSSR count). The van der Waals surface area contributed by atoms with E-state index in [1.807, 2.05) is 13.2 Å². The van der Waals surface area contributed by atoms with Crippen molar-refractivity contribution in [1.29, 1.82) is 0 Å². The Bertz CT molecular complexity index is 396. The molecule has 1 fully saturated rings. The minimum Gasteiger partial charge on any atom is -0.357 e. The van der Waals surface area contributed by atoms with Crippen molar-refractivity contribution < 1.29 is 0 Å². The van der Waals surface area contributed by atoms with Crippen molar-refractivity contribution in [3.63, 3.8) is 0 Å². The first-order valence-corrected chi connectivity index (χ1v) is 6.62. The van der Waals surface area contributed by atoms with Crippen LogP contribution >= 0.6 is 0 Å². The summed E-state index contributed by atoms with van der Waals surface area (Å²) in [5.74, 6) is 1.76. The smallest absolute Gasteiger partial charge is 0.224 e. The second kappa shape index (κ2) is 5.52. The molecule has 2 heterocycles. The molecule has 1 aromatic heterocycles. The van der Waals surface area contributed by atoms with Gasteiger partial charge in [-0.3, -0.25) is 4.90 Å². The van der Waals surface area contributed by atoms with E-state index < -0.39 is 0 Å². The molecule has 1 aromatic rings. The molecule has 1 aliphatic heterocycles. The van der Waals surface area contributed by atoms with Crippen LogP contribution < -0.4 is 10.2 Å². The van der Waals surface area contributed by atoms with Crippen molar-refractivity contribution in [3.8, 4) is 0 Å². The zero-order valence-electron chi connectivity index (χ0n) is 11.8. The number of piperazine rings is 1. The van der Waals surface area contributed by atoms with Crippen LogP contribution in [0.1, 0.15) is 19.4 Å². The number of nitrogens with one attached hydrogen (secondary N) is 1. The van der Waals surface area contributed by atoms with Gasteiger partial charge in [-0.1, -0.05) is 0 Å². The highest BCUT2D eigenvalue weighted by molar-refractivity contribution is 5.49. The van der Waals surface area contributed by atoms with Crippen LogP contribution in [0.5, 0.6) is 0 Å². The van der Waals surface area contributed by atoms with E-state index in [2.05, 4.69) is 45.9 Å². The fourth-order valence-corrected chi connectivity index (χ4v) is 2.32. The zero-order chi connectivity index (χ0) is 13.1. The average molecular weight is 249 g/mol. The minimum atomic E-state index is 0.631. The average Bonchev–Trinajstić information content (AvgIpc) is 2.39. The van der Waals surface area contributed by atoms with E-state index in [1.54, 1.807) is 0 Å². The number of hydrogen-bond donors (Lipinski definition) is 1. The van der Waals surface area contributed by atoms with E-state index >= 15 is 0 Å². The molecular formula is C13H23N5. The lowest BCUT2D eigenvalue weighted by Gasteiger charge is -2.38. The maximum Gasteiger partial charge on any atom is 0.224 e. The molecule has 5 nitrogen and oxygen atoms in total. The van der Waals surface area contributed by atoms with Gasteiger partial charge in [0.1, 0.15) is 5.82 Å². The molecule has 1 aliphatic rings. The van der Waals surface area contributed by atoms with Gasteiger partial charge in [-0.15, -0.1) is 0 Å². The Morgan fingerprint density at radius 3 is 2.44 bits per heavy atom. The van der Waals surface area contributed by atoms with Gasteiger partial charge in [-0.05, 0) is 20.8 Å². The van der Waals surface area contributed by atoms with Gasteiger partial charge in [-0.2, -0.15) is 4.98 Å². The summed E-state index contributed by atoms with van der Waals surface area (Å²) >= 11 is 0. The van der Waals surface area contributed by atoms with Gasteiger partial charge in [0, 0.05) is 51.0 Å². The summed E-state index contributed by atoms with van der Waals surface area (Å²) in [5, 5.41) is 3.00. The lowest BCUT2D eigenvalue weighted by Crippen LogP contribution is -2.49. The Hall–Kier alpha value is -1.36. The molecule has 0 bridgehead atoms. The number of aromatic nitrogens is 2. The maximum absolute atomic E-state index is 4.57. The van der Waals surface area contributed by atoms with E-state index in [4.69, 9.17) is 0 Å². The van der Waals surface area contributed by atoms with E-state index in [9.17, 15) is 0 Å². The highest BCUT2D eigenvalue weighted by Gasteiger charge is 2.21. The van der Waals surface area contributed by atoms with Gasteiger partial charge in [0.15, 0.2) is 0 Å². The molecule has 0 aromatic carbocycles. The highest BCUT2D eigenvalue weighted by Crippen LogP contribution is 2.20. The van der Waals surface area contributed by atoms with Crippen LogP contribution in [-0.4, -0.2) is 54.1 Å². The Morgan fingerprint density at radius 1 is 1.22 bits per heavy atom. The number of anilines is 2. The second-order valence-corrected chi connectivity index (χ2v) is 5.07. The molecule has 0 saturated carbocycles. The molecular weight excluding hydrogens is 226 g/mol. The molecule has 0 radical (unpaired) electrons. The quantitative estimate of drug-likeness (QED) is 0.876. The molecule has 100 valence electrons. The number of rotatable bonds is 3. The fourth-order valence-electron chi connectivity index (χ4n) is 2.32. The number of aryl methyl sites for hydroxylation is 1. The van der Waals surface area contributed by atoms with Gasteiger partial charge in [0.2, 0.25) is 5.95 Å². The molecule has 1 N–H and O–H groups in total. The summed E-state index contributed by atoms with van der Waals surface area (Å²) in [5.41, 5.74) is 1.15. The Labute approximate surface area is 109 Å². The van der Waals surface area contributed by atoms with Crippen molar-refractivity contribution in [3.05, 3.63) is 11.8 Å². The minimum absolute atomic E-state index is 0.631. The van der Waals surface area contributed by atoms with Crippen molar-refractivity contribution in [2.24, 2.45) is 0 Å². The monoisotopic (exact) mass is 249 g/mol. The lowest BCUT2D eigenvalue weighted by molar-refractivity contribution is 0.209. The van der Waals surface area contributed by atoms with Gasteiger partial charge in [-0.25, -0.2) is 4.98 Å². The Balaban J connectivity index is 2.09. The summed E-state index contributed by atoms with van der Waals surface area (Å²) < 4.78 is 0. The predicted octanol–water partition coefficient (Wildman–Crippen LogP) is 1.36. The predicted molar refractivity (Wildman–Crippen MR) is 75.2 cm³/mol. The third-order valence-electron chi connectivity index (χ3n) is 3.51. The summed E-state index contributed by atoms with van der Waals surface area (Å²) in [4.78, 5) is 13.7. The SMILES string of the molecule is CNc1ncc(C)c(N2CCN(C(C)C)CC2)n1. The fraction of sp³-hybridized carbons (Fsp3) is 0.692. The molecule has 1 saturated heterocycles. The first kappa shape index (κ1) is 13.1. The summed E-state index contributed by atoms with van der Waals surface area (Å²) in [6.07, 6.45) is 1.89. The molecule has 0 unspecified atom stereocenters. The first-order valence-electron chi connectivity index (χ1n) is 6.62. The Morgan fingerprint density at radius 2 is 1.89 bits per heavy atom. The standard InChI is InChI=1S/C13H23N5/c1-10(2)17-5-7-18(8-6-17)12-11(3)9-15-13(14-4)16-12/h9-10H,5-8H2,1-4H3,(H,14,15,16). The molecule has 18 heavy (non-hydrogen) atoms. The van der Waals surface area contributed by atoms with Crippen molar-refractivity contribution in [2.75, 3.05) is 43.4 Å². The molecule has 0 spiro atoms. The normalized spacial score (nSPS) is 17.3. The van der Waals surface area contributed by atoms with Crippen LogP contribution in [-0.2, 0) is 0 Å². The zero-order valence-corrected chi connectivity index (χ0v) is 11.8. The van der Waals surface area contributed by atoms with Crippen molar-refractivity contribution in [2.45, 2.75) is 26.8 Å². The van der Waals surface area contributed by atoms with Crippen LogP contribution in [0.4, 0.5) is 11.8 Å². The maximum atomic E-state index is 4.57. The van der Waals surface area contributed by atoms with Crippen LogP contribution in [0.3, 0.4) is 0 Å². The first-order chi connectivity index (χ1) is 8.61. The van der Waals surface area contributed by atoms with Gasteiger partial charge in [0.05, 0.1) is 0 Å². The molecule has 5 heteroatoms. The van der Waals surface area contributed by atoms with Crippen LogP contribution in [0.2, 0.25) is 0 Å². The van der Waals surface area contributed by atoms with Crippen LogP contribution in [0.25, 0.3) is 0 Å². The van der Waals surface area contributed by atoms with E-state index in [0.29, 0.717) is 12.0 Å². The van der Waals surface area contributed by atoms with Crippen molar-refractivity contribution >= 4 is 11.8 Å². The van der Waals surface area contributed by atoms with Crippen molar-refractivity contribution in [1.82, 2.24) is 14.9 Å². The van der Waals surface area contributed by atoms with E-state index in [0.717, 1.165) is 37.6 Å². The van der Waals surface area contributed by atoms with Gasteiger partial charge in [0.25, 0.3) is 0 Å². The van der Waals surface area contributed by atoms with Crippen LogP contribution in [0, 0.1) is 6.92 Å². The van der Waals surface area contributed by atoms with Crippen LogP contribution in [0.15, 0.2) is 6.20 Å². The lowest BCUT2D eigenvalue weighted by atomic mass is 10.2. The largest absolute Gasteiger partial charge is 0.357 e. The summed E-state index contributed by atoms with van der Waals surface area (Å²) in [7, 11) is 1.85. The highest BCUT2D eigenvalue weighted by atomic mass is 15.3. The second-order valence-electron chi connectivity index (χ2n) is 5.07. The molecule has 0 amide bonds. The molecule has 0 aliphatic carbocycles. The number of hydrogen-bond acceptors (Lipinski definition) is 5. The van der Waals surface area contributed by atoms with E-state index in [-0.39, 0.29) is 0 Å². The summed E-state index contributed by atoms with van der Waals surface area (Å²) in [6.45, 7) is 10.9. The summed E-state index contributed by atoms with van der Waals surface area (Å²) in [6, 6.07) is 0.631. The third-order valence-corrected chi connectivity index (χ3v) is 3.51. The topological polar surface area (TPSA) is 44.3 Å². The number of nitrogens with zero attached hydrogens (tertiary/aromatic N) is 4. The Kier molecular flexibility index (Phi) is 4.01. The van der Waals surface area contributed by atoms with E-state index in [1.165, 1.54) is 0 Å². The molecule has 0 atom stereocenters.